The average molecular weight is 184 g/mol. The van der Waals surface area contributed by atoms with Crippen LogP contribution in [0.1, 0.15) is 13.8 Å². The van der Waals surface area contributed by atoms with Gasteiger partial charge < -0.3 is 5.32 Å². The zero-order valence-corrected chi connectivity index (χ0v) is 8.02. The first-order valence-corrected chi connectivity index (χ1v) is 4.64. The lowest BCUT2D eigenvalue weighted by atomic mass is 10.4. The number of nitrogens with one attached hydrogen (secondary N) is 1. The van der Waals surface area contributed by atoms with Crippen LogP contribution in [0.2, 0.25) is 0 Å². The fraction of sp³-hybridized carbons (Fsp3) is 0.500. The monoisotopic (exact) mass is 184 g/mol. The molecule has 1 atom stereocenters. The van der Waals surface area contributed by atoms with E-state index in [2.05, 4.69) is 5.32 Å². The second-order valence-corrected chi connectivity index (χ2v) is 3.36. The lowest BCUT2D eigenvalue weighted by Crippen LogP contribution is -2.30. The number of hydrogen-bond acceptors (Lipinski definition) is 3. The molecule has 0 fully saturated rings. The maximum absolute atomic E-state index is 11.1. The van der Waals surface area contributed by atoms with E-state index in [0.717, 1.165) is 0 Å². The summed E-state index contributed by atoms with van der Waals surface area (Å²) in [5.74, 6) is 0.00471. The molecule has 1 N–H and O–H groups in total. The van der Waals surface area contributed by atoms with E-state index in [1.807, 2.05) is 13.0 Å². The molecule has 0 bridgehead atoms. The van der Waals surface area contributed by atoms with Gasteiger partial charge in [-0.3, -0.25) is 4.79 Å². The fourth-order valence-corrected chi connectivity index (χ4v) is 1.15. The Bertz CT molecular complexity index is 208. The van der Waals surface area contributed by atoms with Gasteiger partial charge in [0.2, 0.25) is 5.91 Å². The highest BCUT2D eigenvalue weighted by atomic mass is 32.2. The van der Waals surface area contributed by atoms with Gasteiger partial charge in [-0.2, -0.15) is 5.26 Å². The molecule has 0 aromatic carbocycles. The molecule has 0 radical (unpaired) electrons. The summed E-state index contributed by atoms with van der Waals surface area (Å²) in [5.41, 5.74) is 0. The summed E-state index contributed by atoms with van der Waals surface area (Å²) in [6, 6.07) is 1.86. The molecule has 0 spiro atoms. The van der Waals surface area contributed by atoms with Gasteiger partial charge in [0, 0.05) is 12.6 Å². The van der Waals surface area contributed by atoms with Gasteiger partial charge in [-0.25, -0.2) is 0 Å². The van der Waals surface area contributed by atoms with E-state index in [1.165, 1.54) is 17.8 Å². The van der Waals surface area contributed by atoms with Crippen molar-refractivity contribution in [2.24, 2.45) is 0 Å². The van der Waals surface area contributed by atoms with Crippen LogP contribution < -0.4 is 5.32 Å². The molecule has 0 heterocycles. The number of allylic oxidation sites excluding steroid dienone is 1. The summed E-state index contributed by atoms with van der Waals surface area (Å²) in [6.07, 6.45) is 1.36. The van der Waals surface area contributed by atoms with Crippen molar-refractivity contribution < 1.29 is 4.79 Å². The Balaban J connectivity index is 3.72. The average Bonchev–Trinajstić information content (AvgIpc) is 2.05. The van der Waals surface area contributed by atoms with E-state index in [9.17, 15) is 4.79 Å². The first kappa shape index (κ1) is 11.1. The molecule has 1 amide bonds. The molecule has 0 aromatic heterocycles. The Morgan fingerprint density at radius 3 is 3.00 bits per heavy atom. The van der Waals surface area contributed by atoms with E-state index >= 15 is 0 Å². The topological polar surface area (TPSA) is 52.9 Å². The zero-order chi connectivity index (χ0) is 9.40. The molecule has 1 unspecified atom stereocenters. The third-order valence-electron chi connectivity index (χ3n) is 1.15. The van der Waals surface area contributed by atoms with E-state index in [0.29, 0.717) is 6.54 Å². The maximum Gasteiger partial charge on any atom is 0.233 e. The predicted octanol–water partition coefficient (Wildman–Crippen LogP) is 1.28. The quantitative estimate of drug-likeness (QED) is 0.670. The summed E-state index contributed by atoms with van der Waals surface area (Å²) < 4.78 is 0. The molecule has 12 heavy (non-hydrogen) atoms. The smallest absolute Gasteiger partial charge is 0.233 e. The Hall–Kier alpha value is -0.950. The van der Waals surface area contributed by atoms with Gasteiger partial charge in [0.1, 0.15) is 0 Å². The van der Waals surface area contributed by atoms with Crippen molar-refractivity contribution in [2.75, 3.05) is 6.54 Å². The Morgan fingerprint density at radius 1 is 1.83 bits per heavy atom. The standard InChI is InChI=1S/C8H12N2OS/c1-3-10-8(11)7(2)12-6-4-5-9/h4,6-7H,3H2,1-2H3,(H,10,11)/b6-4+. The SMILES string of the molecule is CCNC(=O)C(C)S/C=C/C#N. The Kier molecular flexibility index (Phi) is 6.21. The minimum Gasteiger partial charge on any atom is -0.355 e. The van der Waals surface area contributed by atoms with Crippen molar-refractivity contribution in [2.45, 2.75) is 19.1 Å². The van der Waals surface area contributed by atoms with Crippen LogP contribution in [0, 0.1) is 11.3 Å². The van der Waals surface area contributed by atoms with Gasteiger partial charge in [-0.1, -0.05) is 0 Å². The molecule has 0 saturated heterocycles. The van der Waals surface area contributed by atoms with E-state index in [1.54, 1.807) is 12.3 Å². The van der Waals surface area contributed by atoms with Crippen LogP contribution in [-0.4, -0.2) is 17.7 Å². The minimum atomic E-state index is -0.130. The number of amides is 1. The number of carbonyl (C=O) groups excluding carboxylic acids is 1. The largest absolute Gasteiger partial charge is 0.355 e. The third-order valence-corrected chi connectivity index (χ3v) is 2.06. The summed E-state index contributed by atoms with van der Waals surface area (Å²) >= 11 is 1.33. The van der Waals surface area contributed by atoms with Crippen LogP contribution >= 0.6 is 11.8 Å². The lowest BCUT2D eigenvalue weighted by Gasteiger charge is -2.06. The van der Waals surface area contributed by atoms with Crippen molar-refractivity contribution in [1.29, 1.82) is 5.26 Å². The van der Waals surface area contributed by atoms with Gasteiger partial charge in [0.25, 0.3) is 0 Å². The highest BCUT2D eigenvalue weighted by molar-refractivity contribution is 8.03. The predicted molar refractivity (Wildman–Crippen MR) is 50.5 cm³/mol. The van der Waals surface area contributed by atoms with Gasteiger partial charge in [0.15, 0.2) is 0 Å². The number of nitriles is 1. The van der Waals surface area contributed by atoms with Crippen LogP contribution in [-0.2, 0) is 4.79 Å². The van der Waals surface area contributed by atoms with Crippen LogP contribution in [0.4, 0.5) is 0 Å². The minimum absolute atomic E-state index is 0.00471. The number of thioether (sulfide) groups is 1. The first-order chi connectivity index (χ1) is 5.72. The molecule has 0 aliphatic carbocycles. The normalized spacial score (nSPS) is 12.4. The molecule has 0 saturated carbocycles. The van der Waals surface area contributed by atoms with Crippen LogP contribution in [0.3, 0.4) is 0 Å². The summed E-state index contributed by atoms with van der Waals surface area (Å²) in [6.45, 7) is 4.32. The van der Waals surface area contributed by atoms with Crippen molar-refractivity contribution in [3.05, 3.63) is 11.5 Å². The maximum atomic E-state index is 11.1. The van der Waals surface area contributed by atoms with E-state index < -0.39 is 0 Å². The van der Waals surface area contributed by atoms with Crippen molar-refractivity contribution in [3.63, 3.8) is 0 Å². The van der Waals surface area contributed by atoms with E-state index in [4.69, 9.17) is 5.26 Å². The fourth-order valence-electron chi connectivity index (χ4n) is 0.567. The molecule has 0 aliphatic rings. The molecule has 4 heteroatoms. The first-order valence-electron chi connectivity index (χ1n) is 3.70. The van der Waals surface area contributed by atoms with E-state index in [-0.39, 0.29) is 11.2 Å². The Labute approximate surface area is 76.8 Å². The number of carbonyl (C=O) groups is 1. The second kappa shape index (κ2) is 6.74. The molecule has 3 nitrogen and oxygen atoms in total. The molecule has 0 rings (SSSR count). The lowest BCUT2D eigenvalue weighted by molar-refractivity contribution is -0.120. The molecule has 0 aliphatic heterocycles. The summed E-state index contributed by atoms with van der Waals surface area (Å²) in [4.78, 5) is 11.1. The van der Waals surface area contributed by atoms with Crippen LogP contribution in [0.15, 0.2) is 11.5 Å². The number of rotatable bonds is 4. The molecular weight excluding hydrogens is 172 g/mol. The molecular formula is C8H12N2OS. The third kappa shape index (κ3) is 4.80. The van der Waals surface area contributed by atoms with Crippen molar-refractivity contribution in [1.82, 2.24) is 5.32 Å². The molecule has 0 aromatic rings. The van der Waals surface area contributed by atoms with Crippen LogP contribution in [0.25, 0.3) is 0 Å². The summed E-state index contributed by atoms with van der Waals surface area (Å²) in [7, 11) is 0. The second-order valence-electron chi connectivity index (χ2n) is 2.10. The van der Waals surface area contributed by atoms with Gasteiger partial charge in [0.05, 0.1) is 11.3 Å². The van der Waals surface area contributed by atoms with Gasteiger partial charge in [-0.15, -0.1) is 11.8 Å². The number of hydrogen-bond donors (Lipinski definition) is 1. The van der Waals surface area contributed by atoms with Gasteiger partial charge >= 0.3 is 0 Å². The molecule has 66 valence electrons. The number of nitrogens with zero attached hydrogens (tertiary/aromatic N) is 1. The highest BCUT2D eigenvalue weighted by Gasteiger charge is 2.09. The Morgan fingerprint density at radius 2 is 2.50 bits per heavy atom. The van der Waals surface area contributed by atoms with Crippen molar-refractivity contribution >= 4 is 17.7 Å². The van der Waals surface area contributed by atoms with Crippen molar-refractivity contribution in [3.8, 4) is 6.07 Å². The van der Waals surface area contributed by atoms with Gasteiger partial charge in [-0.05, 0) is 19.3 Å². The summed E-state index contributed by atoms with van der Waals surface area (Å²) in [5, 5.41) is 12.4. The zero-order valence-electron chi connectivity index (χ0n) is 7.20. The highest BCUT2D eigenvalue weighted by Crippen LogP contribution is 2.10. The van der Waals surface area contributed by atoms with Crippen LogP contribution in [0.5, 0.6) is 0 Å².